The standard InChI is InChI=1S/C24H38N2O5S3.C2HF3O2/c1-5-21(27)30-24(17(2)3)31-22(28)14-26-23(29)19(13-18-9-7-6-8-10-18)15-33-34-16-20(25)11-12-32-4;3-2(4,5)1(6)7/h6-10,17,19-20,24H,5,11-16,25H2,1-4H3,(H,26,29);(H,6,7). The summed E-state index contributed by atoms with van der Waals surface area (Å²) < 4.78 is 42.0. The van der Waals surface area contributed by atoms with Crippen molar-refractivity contribution in [1.82, 2.24) is 5.32 Å². The minimum atomic E-state index is -5.19. The third-order valence-electron chi connectivity index (χ3n) is 5.05. The second-order valence-corrected chi connectivity index (χ2v) is 12.6. The number of alkyl halides is 3. The lowest BCUT2D eigenvalue weighted by molar-refractivity contribution is -0.412. The SMILES string of the molecule is CCC(=O)OC(OC(=O)CNC(=O)C(CSSCC([NH3+])CCSC)Cc1ccccc1)C(C)C.O=C([O-])C(F)(F)F. The van der Waals surface area contributed by atoms with Crippen LogP contribution in [0.5, 0.6) is 0 Å². The number of aliphatic carboxylic acids is 1. The van der Waals surface area contributed by atoms with E-state index in [0.717, 1.165) is 23.5 Å². The number of carboxylic acids is 1. The molecule has 41 heavy (non-hydrogen) atoms. The second kappa shape index (κ2) is 21.6. The van der Waals surface area contributed by atoms with Crippen LogP contribution in [0.4, 0.5) is 13.2 Å². The molecule has 4 N–H and O–H groups in total. The average molecular weight is 645 g/mol. The van der Waals surface area contributed by atoms with Gasteiger partial charge in [0.1, 0.15) is 12.5 Å². The maximum Gasteiger partial charge on any atom is 0.430 e. The van der Waals surface area contributed by atoms with Crippen LogP contribution in [0.15, 0.2) is 30.3 Å². The molecule has 1 aromatic rings. The van der Waals surface area contributed by atoms with E-state index in [1.165, 1.54) is 0 Å². The van der Waals surface area contributed by atoms with Crippen molar-refractivity contribution in [3.05, 3.63) is 35.9 Å². The molecular weight excluding hydrogens is 605 g/mol. The van der Waals surface area contributed by atoms with E-state index >= 15 is 0 Å². The number of carbonyl (C=O) groups is 4. The molecule has 234 valence electrons. The second-order valence-electron chi connectivity index (χ2n) is 9.05. The monoisotopic (exact) mass is 644 g/mol. The summed E-state index contributed by atoms with van der Waals surface area (Å²) in [5, 5.41) is 11.5. The van der Waals surface area contributed by atoms with Crippen LogP contribution in [-0.4, -0.2) is 72.4 Å². The van der Waals surface area contributed by atoms with E-state index in [1.54, 1.807) is 42.4 Å². The largest absolute Gasteiger partial charge is 0.542 e. The van der Waals surface area contributed by atoms with E-state index in [2.05, 4.69) is 17.3 Å². The third-order valence-corrected chi connectivity index (χ3v) is 8.32. The number of halogens is 3. The molecule has 15 heteroatoms. The topological polar surface area (TPSA) is 149 Å². The summed E-state index contributed by atoms with van der Waals surface area (Å²) in [6.45, 7) is 4.99. The summed E-state index contributed by atoms with van der Waals surface area (Å²) in [5.41, 5.74) is 5.26. The summed E-state index contributed by atoms with van der Waals surface area (Å²) in [6.07, 6.45) is -2.21. The molecule has 3 atom stereocenters. The molecular formula is C26H39F3N2O7S3. The van der Waals surface area contributed by atoms with E-state index in [4.69, 9.17) is 19.4 Å². The molecule has 1 aromatic carbocycles. The van der Waals surface area contributed by atoms with Crippen LogP contribution in [0.25, 0.3) is 0 Å². The lowest BCUT2D eigenvalue weighted by atomic mass is 10.0. The van der Waals surface area contributed by atoms with Gasteiger partial charge in [-0.25, -0.2) is 0 Å². The van der Waals surface area contributed by atoms with Crippen molar-refractivity contribution >= 4 is 57.2 Å². The average Bonchev–Trinajstić information content (AvgIpc) is 2.91. The maximum atomic E-state index is 12.9. The number of amides is 1. The number of carboxylic acid groups (broad SMARTS) is 1. The Morgan fingerprint density at radius 3 is 2.10 bits per heavy atom. The van der Waals surface area contributed by atoms with Gasteiger partial charge in [0.15, 0.2) is 0 Å². The molecule has 0 radical (unpaired) electrons. The lowest BCUT2D eigenvalue weighted by Gasteiger charge is -2.22. The molecule has 0 aliphatic carbocycles. The molecule has 0 heterocycles. The Morgan fingerprint density at radius 1 is 1.02 bits per heavy atom. The first-order valence-electron chi connectivity index (χ1n) is 12.8. The van der Waals surface area contributed by atoms with Crippen LogP contribution >= 0.6 is 33.3 Å². The highest BCUT2D eigenvalue weighted by molar-refractivity contribution is 8.76. The number of benzene rings is 1. The van der Waals surface area contributed by atoms with Crippen molar-refractivity contribution in [2.24, 2.45) is 11.8 Å². The molecule has 1 amide bonds. The van der Waals surface area contributed by atoms with E-state index in [1.807, 2.05) is 42.1 Å². The van der Waals surface area contributed by atoms with Gasteiger partial charge < -0.3 is 30.4 Å². The lowest BCUT2D eigenvalue weighted by Crippen LogP contribution is -2.62. The molecule has 0 saturated carbocycles. The Labute approximate surface area is 251 Å². The number of nitrogens with one attached hydrogen (secondary N) is 1. The first kappa shape index (κ1) is 38.9. The van der Waals surface area contributed by atoms with E-state index in [-0.39, 0.29) is 30.7 Å². The molecule has 0 bridgehead atoms. The fraction of sp³-hybridized carbons (Fsp3) is 0.615. The number of rotatable bonds is 17. The van der Waals surface area contributed by atoms with Crippen molar-refractivity contribution in [2.45, 2.75) is 58.5 Å². The molecule has 1 rings (SSSR count). The van der Waals surface area contributed by atoms with Crippen LogP contribution in [0.1, 0.15) is 39.2 Å². The van der Waals surface area contributed by atoms with Gasteiger partial charge in [-0.2, -0.15) is 24.9 Å². The Hall–Kier alpha value is -2.10. The van der Waals surface area contributed by atoms with Gasteiger partial charge in [0.25, 0.3) is 0 Å². The number of carbonyl (C=O) groups excluding carboxylic acids is 4. The molecule has 0 saturated heterocycles. The highest BCUT2D eigenvalue weighted by Gasteiger charge is 2.29. The van der Waals surface area contributed by atoms with Crippen LogP contribution in [0.2, 0.25) is 0 Å². The van der Waals surface area contributed by atoms with Crippen LogP contribution < -0.4 is 16.2 Å². The van der Waals surface area contributed by atoms with E-state index in [0.29, 0.717) is 18.2 Å². The van der Waals surface area contributed by atoms with Gasteiger partial charge in [0, 0.05) is 24.5 Å². The Balaban J connectivity index is 0.00000201. The predicted octanol–water partition coefficient (Wildman–Crippen LogP) is 2.48. The van der Waals surface area contributed by atoms with Crippen molar-refractivity contribution in [1.29, 1.82) is 0 Å². The summed E-state index contributed by atoms with van der Waals surface area (Å²) in [5.74, 6) is -2.10. The first-order valence-corrected chi connectivity index (χ1v) is 16.6. The molecule has 0 fully saturated rings. The zero-order valence-electron chi connectivity index (χ0n) is 23.6. The van der Waals surface area contributed by atoms with Crippen LogP contribution in [0.3, 0.4) is 0 Å². The fourth-order valence-corrected chi connectivity index (χ4v) is 5.95. The summed E-state index contributed by atoms with van der Waals surface area (Å²) >= 11 is 1.82. The third kappa shape index (κ3) is 19.6. The minimum Gasteiger partial charge on any atom is -0.542 e. The maximum absolute atomic E-state index is 12.9. The summed E-state index contributed by atoms with van der Waals surface area (Å²) in [4.78, 5) is 45.6. The Bertz CT molecular complexity index is 925. The molecule has 0 aliphatic heterocycles. The van der Waals surface area contributed by atoms with Gasteiger partial charge in [-0.05, 0) is 24.0 Å². The number of ether oxygens (including phenoxy) is 2. The highest BCUT2D eigenvalue weighted by atomic mass is 33.1. The quantitative estimate of drug-likeness (QED) is 0.112. The van der Waals surface area contributed by atoms with E-state index < -0.39 is 30.4 Å². The highest BCUT2D eigenvalue weighted by Crippen LogP contribution is 2.26. The number of esters is 2. The van der Waals surface area contributed by atoms with E-state index in [9.17, 15) is 27.6 Å². The van der Waals surface area contributed by atoms with Crippen molar-refractivity contribution in [3.8, 4) is 0 Å². The number of thioether (sulfide) groups is 1. The Kier molecular flexibility index (Phi) is 20.5. The van der Waals surface area contributed by atoms with Gasteiger partial charge >= 0.3 is 18.1 Å². The zero-order chi connectivity index (χ0) is 31.4. The zero-order valence-corrected chi connectivity index (χ0v) is 26.0. The van der Waals surface area contributed by atoms with Crippen molar-refractivity contribution in [3.63, 3.8) is 0 Å². The summed E-state index contributed by atoms with van der Waals surface area (Å²) in [6, 6.07) is 10.2. The van der Waals surface area contributed by atoms with Crippen molar-refractivity contribution in [2.75, 3.05) is 30.1 Å². The molecule has 0 aromatic heterocycles. The van der Waals surface area contributed by atoms with Crippen LogP contribution in [0, 0.1) is 11.8 Å². The molecule has 9 nitrogen and oxygen atoms in total. The molecule has 0 aliphatic rings. The van der Waals surface area contributed by atoms with Gasteiger partial charge in [-0.1, -0.05) is 72.7 Å². The minimum absolute atomic E-state index is 0.192. The summed E-state index contributed by atoms with van der Waals surface area (Å²) in [7, 11) is 3.40. The predicted molar refractivity (Wildman–Crippen MR) is 153 cm³/mol. The number of quaternary nitrogens is 1. The molecule has 0 spiro atoms. The Morgan fingerprint density at radius 2 is 1.59 bits per heavy atom. The fourth-order valence-electron chi connectivity index (χ4n) is 2.75. The number of hydrogen-bond acceptors (Lipinski definition) is 10. The van der Waals surface area contributed by atoms with Crippen LogP contribution in [-0.2, 0) is 35.1 Å². The van der Waals surface area contributed by atoms with Crippen molar-refractivity contribution < 1.29 is 52.7 Å². The smallest absolute Gasteiger partial charge is 0.430 e. The first-order chi connectivity index (χ1) is 19.2. The van der Waals surface area contributed by atoms with Gasteiger partial charge in [0.05, 0.1) is 17.7 Å². The number of hydrogen-bond donors (Lipinski definition) is 2. The molecule has 3 unspecified atom stereocenters. The van der Waals surface area contributed by atoms with Gasteiger partial charge in [0.2, 0.25) is 12.2 Å². The van der Waals surface area contributed by atoms with Gasteiger partial charge in [-0.3, -0.25) is 14.4 Å². The normalized spacial score (nSPS) is 13.3. The van der Waals surface area contributed by atoms with Gasteiger partial charge in [-0.15, -0.1) is 0 Å².